The summed E-state index contributed by atoms with van der Waals surface area (Å²) in [6.07, 6.45) is 1.55. The van der Waals surface area contributed by atoms with E-state index in [0.717, 1.165) is 5.56 Å². The SMILES string of the molecule is Cc1c(Cl)cccc1NC(=O)c1cccn1CC(=O)O. The van der Waals surface area contributed by atoms with E-state index in [-0.39, 0.29) is 18.1 Å². The van der Waals surface area contributed by atoms with E-state index in [1.54, 1.807) is 43.5 Å². The van der Waals surface area contributed by atoms with E-state index in [4.69, 9.17) is 16.7 Å². The Balaban J connectivity index is 2.22. The smallest absolute Gasteiger partial charge is 0.323 e. The Bertz CT molecular complexity index is 664. The molecule has 0 fully saturated rings. The maximum Gasteiger partial charge on any atom is 0.323 e. The number of halogens is 1. The lowest BCUT2D eigenvalue weighted by molar-refractivity contribution is -0.137. The highest BCUT2D eigenvalue weighted by atomic mass is 35.5. The van der Waals surface area contributed by atoms with E-state index in [2.05, 4.69) is 5.32 Å². The van der Waals surface area contributed by atoms with E-state index >= 15 is 0 Å². The lowest BCUT2D eigenvalue weighted by atomic mass is 10.2. The molecule has 5 nitrogen and oxygen atoms in total. The van der Waals surface area contributed by atoms with Gasteiger partial charge in [-0.15, -0.1) is 0 Å². The van der Waals surface area contributed by atoms with Crippen LogP contribution in [0.2, 0.25) is 5.02 Å². The number of aliphatic carboxylic acids is 1. The molecule has 1 aromatic heterocycles. The van der Waals surface area contributed by atoms with E-state index in [0.29, 0.717) is 10.7 Å². The van der Waals surface area contributed by atoms with Gasteiger partial charge in [0.15, 0.2) is 0 Å². The van der Waals surface area contributed by atoms with Crippen LogP contribution in [0.5, 0.6) is 0 Å². The Morgan fingerprint density at radius 3 is 2.75 bits per heavy atom. The minimum absolute atomic E-state index is 0.260. The minimum atomic E-state index is -1.01. The molecule has 0 unspecified atom stereocenters. The number of carbonyl (C=O) groups is 2. The van der Waals surface area contributed by atoms with Gasteiger partial charge in [0, 0.05) is 16.9 Å². The normalized spacial score (nSPS) is 10.3. The Morgan fingerprint density at radius 2 is 2.05 bits per heavy atom. The van der Waals surface area contributed by atoms with E-state index in [9.17, 15) is 9.59 Å². The Hall–Kier alpha value is -2.27. The molecule has 6 heteroatoms. The highest BCUT2D eigenvalue weighted by Gasteiger charge is 2.14. The molecule has 0 saturated carbocycles. The number of nitrogens with zero attached hydrogens (tertiary/aromatic N) is 1. The highest BCUT2D eigenvalue weighted by Crippen LogP contribution is 2.23. The zero-order chi connectivity index (χ0) is 14.7. The molecule has 2 rings (SSSR count). The summed E-state index contributed by atoms with van der Waals surface area (Å²) in [4.78, 5) is 22.9. The number of carbonyl (C=O) groups excluding carboxylic acids is 1. The average molecular weight is 293 g/mol. The van der Waals surface area contributed by atoms with Crippen LogP contribution < -0.4 is 5.32 Å². The molecule has 104 valence electrons. The standard InChI is InChI=1S/C14H13ClN2O3/c1-9-10(15)4-2-5-11(9)16-14(20)12-6-3-7-17(12)8-13(18)19/h2-7H,8H2,1H3,(H,16,20)(H,18,19). The van der Waals surface area contributed by atoms with Crippen molar-refractivity contribution >= 4 is 29.2 Å². The zero-order valence-electron chi connectivity index (χ0n) is 10.8. The second kappa shape index (κ2) is 5.79. The molecule has 0 aliphatic heterocycles. The third kappa shape index (κ3) is 3.00. The van der Waals surface area contributed by atoms with Gasteiger partial charge in [-0.2, -0.15) is 0 Å². The van der Waals surface area contributed by atoms with Crippen molar-refractivity contribution < 1.29 is 14.7 Å². The van der Waals surface area contributed by atoms with Crippen molar-refractivity contribution in [3.8, 4) is 0 Å². The van der Waals surface area contributed by atoms with Crippen molar-refractivity contribution in [2.24, 2.45) is 0 Å². The summed E-state index contributed by atoms with van der Waals surface area (Å²) in [5.74, 6) is -1.38. The summed E-state index contributed by atoms with van der Waals surface area (Å²) in [5, 5.41) is 12.1. The summed E-state index contributed by atoms with van der Waals surface area (Å²) in [7, 11) is 0. The van der Waals surface area contributed by atoms with Gasteiger partial charge in [0.05, 0.1) is 0 Å². The molecule has 0 bridgehead atoms. The van der Waals surface area contributed by atoms with Crippen LogP contribution in [0, 0.1) is 6.92 Å². The number of rotatable bonds is 4. The van der Waals surface area contributed by atoms with Crippen molar-refractivity contribution in [1.82, 2.24) is 4.57 Å². The number of nitrogens with one attached hydrogen (secondary N) is 1. The van der Waals surface area contributed by atoms with E-state index in [1.807, 2.05) is 0 Å². The van der Waals surface area contributed by atoms with Gasteiger partial charge in [-0.05, 0) is 36.8 Å². The van der Waals surface area contributed by atoms with Crippen LogP contribution in [-0.2, 0) is 11.3 Å². The van der Waals surface area contributed by atoms with Gasteiger partial charge < -0.3 is 15.0 Å². The van der Waals surface area contributed by atoms with E-state index < -0.39 is 5.97 Å². The maximum absolute atomic E-state index is 12.2. The molecular formula is C14H13ClN2O3. The number of hydrogen-bond acceptors (Lipinski definition) is 2. The fourth-order valence-corrected chi connectivity index (χ4v) is 2.01. The van der Waals surface area contributed by atoms with Gasteiger partial charge in [0.2, 0.25) is 0 Å². The summed E-state index contributed by atoms with van der Waals surface area (Å²) in [6, 6.07) is 8.41. The number of hydrogen-bond donors (Lipinski definition) is 2. The summed E-state index contributed by atoms with van der Waals surface area (Å²) in [5.41, 5.74) is 1.65. The van der Waals surface area contributed by atoms with Crippen molar-refractivity contribution in [3.63, 3.8) is 0 Å². The molecule has 0 saturated heterocycles. The number of benzene rings is 1. The lowest BCUT2D eigenvalue weighted by Gasteiger charge is -2.10. The molecule has 0 aliphatic carbocycles. The topological polar surface area (TPSA) is 71.3 Å². The first-order chi connectivity index (χ1) is 9.49. The maximum atomic E-state index is 12.2. The summed E-state index contributed by atoms with van der Waals surface area (Å²) < 4.78 is 1.37. The number of carboxylic acids is 1. The Kier molecular flexibility index (Phi) is 4.10. The molecule has 2 N–H and O–H groups in total. The minimum Gasteiger partial charge on any atom is -0.480 e. The van der Waals surface area contributed by atoms with Crippen molar-refractivity contribution in [2.45, 2.75) is 13.5 Å². The Labute approximate surface area is 120 Å². The summed E-state index contributed by atoms with van der Waals surface area (Å²) >= 11 is 5.99. The van der Waals surface area contributed by atoms with Crippen LogP contribution in [0.15, 0.2) is 36.5 Å². The molecule has 1 aromatic carbocycles. The van der Waals surface area contributed by atoms with Gasteiger partial charge in [0.25, 0.3) is 5.91 Å². The van der Waals surface area contributed by atoms with Crippen LogP contribution in [0.1, 0.15) is 16.1 Å². The van der Waals surface area contributed by atoms with Crippen molar-refractivity contribution in [1.29, 1.82) is 0 Å². The average Bonchev–Trinajstić information content (AvgIpc) is 2.82. The molecular weight excluding hydrogens is 280 g/mol. The monoisotopic (exact) mass is 292 g/mol. The first kappa shape index (κ1) is 14.1. The predicted octanol–water partition coefficient (Wildman–Crippen LogP) is 2.79. The highest BCUT2D eigenvalue weighted by molar-refractivity contribution is 6.31. The van der Waals surface area contributed by atoms with Crippen molar-refractivity contribution in [2.75, 3.05) is 5.32 Å². The van der Waals surface area contributed by atoms with Crippen molar-refractivity contribution in [3.05, 3.63) is 52.8 Å². The first-order valence-electron chi connectivity index (χ1n) is 5.92. The predicted molar refractivity (Wildman–Crippen MR) is 76.2 cm³/mol. The molecule has 1 heterocycles. The first-order valence-corrected chi connectivity index (χ1v) is 6.30. The third-order valence-corrected chi connectivity index (χ3v) is 3.29. The molecule has 0 aliphatic rings. The quantitative estimate of drug-likeness (QED) is 0.910. The van der Waals surface area contributed by atoms with Gasteiger partial charge in [-0.1, -0.05) is 17.7 Å². The van der Waals surface area contributed by atoms with Gasteiger partial charge in [0.1, 0.15) is 12.2 Å². The van der Waals surface area contributed by atoms with Gasteiger partial charge in [-0.25, -0.2) is 0 Å². The van der Waals surface area contributed by atoms with Crippen LogP contribution in [-0.4, -0.2) is 21.6 Å². The Morgan fingerprint density at radius 1 is 1.30 bits per heavy atom. The third-order valence-electron chi connectivity index (χ3n) is 2.88. The molecule has 2 aromatic rings. The molecule has 20 heavy (non-hydrogen) atoms. The summed E-state index contributed by atoms with van der Waals surface area (Å²) in [6.45, 7) is 1.54. The number of carboxylic acid groups (broad SMARTS) is 1. The fraction of sp³-hybridized carbons (Fsp3) is 0.143. The van der Waals surface area contributed by atoms with Crippen LogP contribution in [0.4, 0.5) is 5.69 Å². The van der Waals surface area contributed by atoms with Gasteiger partial charge in [-0.3, -0.25) is 9.59 Å². The number of anilines is 1. The van der Waals surface area contributed by atoms with E-state index in [1.165, 1.54) is 4.57 Å². The van der Waals surface area contributed by atoms with Crippen LogP contribution in [0.25, 0.3) is 0 Å². The van der Waals surface area contributed by atoms with Crippen LogP contribution in [0.3, 0.4) is 0 Å². The molecule has 1 amide bonds. The van der Waals surface area contributed by atoms with Crippen LogP contribution >= 0.6 is 11.6 Å². The molecule has 0 spiro atoms. The zero-order valence-corrected chi connectivity index (χ0v) is 11.5. The fourth-order valence-electron chi connectivity index (χ4n) is 1.83. The largest absolute Gasteiger partial charge is 0.480 e. The second-order valence-electron chi connectivity index (χ2n) is 4.28. The molecule has 0 atom stereocenters. The van der Waals surface area contributed by atoms with Gasteiger partial charge >= 0.3 is 5.97 Å². The second-order valence-corrected chi connectivity index (χ2v) is 4.69. The number of aromatic nitrogens is 1. The number of amides is 1. The lowest BCUT2D eigenvalue weighted by Crippen LogP contribution is -2.19. The molecule has 0 radical (unpaired) electrons.